The predicted molar refractivity (Wildman–Crippen MR) is 78.4 cm³/mol. The summed E-state index contributed by atoms with van der Waals surface area (Å²) in [6.45, 7) is 7.22. The van der Waals surface area contributed by atoms with Gasteiger partial charge in [0.25, 0.3) is 0 Å². The highest BCUT2D eigenvalue weighted by Crippen LogP contribution is 2.48. The zero-order valence-electron chi connectivity index (χ0n) is 12.8. The molecule has 5 heteroatoms. The van der Waals surface area contributed by atoms with Crippen LogP contribution in [0.25, 0.3) is 0 Å². The molecule has 2 rings (SSSR count). The molecule has 1 amide bonds. The highest BCUT2D eigenvalue weighted by Gasteiger charge is 2.55. The largest absolute Gasteiger partial charge is 0.409 e. The second kappa shape index (κ2) is 5.62. The van der Waals surface area contributed by atoms with Gasteiger partial charge in [-0.05, 0) is 43.9 Å². The van der Waals surface area contributed by atoms with Crippen molar-refractivity contribution >= 4 is 11.7 Å². The van der Waals surface area contributed by atoms with Crippen molar-refractivity contribution in [3.8, 4) is 0 Å². The van der Waals surface area contributed by atoms with Crippen LogP contribution < -0.4 is 5.73 Å². The lowest BCUT2D eigenvalue weighted by molar-refractivity contribution is -0.145. The molecule has 0 bridgehead atoms. The first kappa shape index (κ1) is 15.1. The monoisotopic (exact) mass is 281 g/mol. The summed E-state index contributed by atoms with van der Waals surface area (Å²) in [5, 5.41) is 12.2. The number of nitrogens with two attached hydrogens (primary N) is 1. The number of carbonyl (C=O) groups is 1. The van der Waals surface area contributed by atoms with Gasteiger partial charge in [0.2, 0.25) is 5.91 Å². The average molecular weight is 281 g/mol. The van der Waals surface area contributed by atoms with Crippen molar-refractivity contribution in [3.05, 3.63) is 0 Å². The minimum atomic E-state index is -0.742. The van der Waals surface area contributed by atoms with E-state index in [9.17, 15) is 4.79 Å². The van der Waals surface area contributed by atoms with Crippen molar-refractivity contribution in [2.75, 3.05) is 6.54 Å². The molecular formula is C15H27N3O2. The highest BCUT2D eigenvalue weighted by atomic mass is 16.4. The second-order valence-electron chi connectivity index (χ2n) is 6.99. The summed E-state index contributed by atoms with van der Waals surface area (Å²) in [5.41, 5.74) is 5.10. The van der Waals surface area contributed by atoms with Crippen molar-refractivity contribution in [2.24, 2.45) is 28.1 Å². The summed E-state index contributed by atoms with van der Waals surface area (Å²) in [6, 6.07) is 0.375. The Labute approximate surface area is 121 Å². The van der Waals surface area contributed by atoms with E-state index in [0.717, 1.165) is 25.8 Å². The van der Waals surface area contributed by atoms with Crippen LogP contribution in [0.15, 0.2) is 5.16 Å². The number of hydrogen-bond acceptors (Lipinski definition) is 3. The quantitative estimate of drug-likeness (QED) is 0.339. The first-order valence-electron chi connectivity index (χ1n) is 7.69. The van der Waals surface area contributed by atoms with Crippen molar-refractivity contribution in [1.29, 1.82) is 0 Å². The van der Waals surface area contributed by atoms with Gasteiger partial charge in [0.1, 0.15) is 5.41 Å². The molecule has 2 aliphatic carbocycles. The van der Waals surface area contributed by atoms with E-state index in [1.807, 2.05) is 4.90 Å². The molecule has 2 fully saturated rings. The molecule has 3 N–H and O–H groups in total. The van der Waals surface area contributed by atoms with Gasteiger partial charge < -0.3 is 15.8 Å². The van der Waals surface area contributed by atoms with Crippen LogP contribution in [0.3, 0.4) is 0 Å². The van der Waals surface area contributed by atoms with Gasteiger partial charge in [0, 0.05) is 12.6 Å². The summed E-state index contributed by atoms with van der Waals surface area (Å²) >= 11 is 0. The number of hydrogen-bond donors (Lipinski definition) is 2. The van der Waals surface area contributed by atoms with Crippen molar-refractivity contribution in [2.45, 2.75) is 58.9 Å². The van der Waals surface area contributed by atoms with Crippen LogP contribution in [0.5, 0.6) is 0 Å². The molecule has 0 heterocycles. The van der Waals surface area contributed by atoms with Crippen molar-refractivity contribution < 1.29 is 10.0 Å². The molecule has 0 atom stereocenters. The van der Waals surface area contributed by atoms with Gasteiger partial charge >= 0.3 is 0 Å². The number of nitrogens with zero attached hydrogens (tertiary/aromatic N) is 2. The van der Waals surface area contributed by atoms with Gasteiger partial charge in [-0.3, -0.25) is 4.79 Å². The number of amidine groups is 1. The van der Waals surface area contributed by atoms with Crippen molar-refractivity contribution in [3.63, 3.8) is 0 Å². The van der Waals surface area contributed by atoms with E-state index in [0.29, 0.717) is 30.7 Å². The Bertz CT molecular complexity index is 396. The third-order valence-electron chi connectivity index (χ3n) is 4.60. The maximum Gasteiger partial charge on any atom is 0.236 e. The molecular weight excluding hydrogens is 254 g/mol. The Morgan fingerprint density at radius 3 is 2.45 bits per heavy atom. The third-order valence-corrected chi connectivity index (χ3v) is 4.60. The van der Waals surface area contributed by atoms with Crippen LogP contribution in [0.4, 0.5) is 0 Å². The molecule has 114 valence electrons. The van der Waals surface area contributed by atoms with E-state index in [1.165, 1.54) is 0 Å². The first-order chi connectivity index (χ1) is 9.40. The van der Waals surface area contributed by atoms with Crippen LogP contribution in [0, 0.1) is 17.3 Å². The fraction of sp³-hybridized carbons (Fsp3) is 0.867. The maximum atomic E-state index is 12.9. The third kappa shape index (κ3) is 2.76. The lowest BCUT2D eigenvalue weighted by Crippen LogP contribution is -2.58. The Kier molecular flexibility index (Phi) is 4.25. The Balaban J connectivity index is 2.12. The molecule has 0 saturated heterocycles. The molecule has 0 radical (unpaired) electrons. The molecule has 0 spiro atoms. The van der Waals surface area contributed by atoms with E-state index >= 15 is 0 Å². The highest BCUT2D eigenvalue weighted by molar-refractivity contribution is 6.07. The number of amides is 1. The smallest absolute Gasteiger partial charge is 0.236 e. The van der Waals surface area contributed by atoms with Gasteiger partial charge in [-0.1, -0.05) is 25.9 Å². The summed E-state index contributed by atoms with van der Waals surface area (Å²) in [5.74, 6) is 1.21. The Morgan fingerprint density at radius 2 is 2.05 bits per heavy atom. The predicted octanol–water partition coefficient (Wildman–Crippen LogP) is 2.19. The Hall–Kier alpha value is -1.26. The molecule has 20 heavy (non-hydrogen) atoms. The lowest BCUT2D eigenvalue weighted by Gasteiger charge is -2.46. The first-order valence-corrected chi connectivity index (χ1v) is 7.69. The molecule has 5 nitrogen and oxygen atoms in total. The van der Waals surface area contributed by atoms with E-state index in [2.05, 4.69) is 25.9 Å². The van der Waals surface area contributed by atoms with Gasteiger partial charge in [-0.15, -0.1) is 0 Å². The molecule has 0 aromatic carbocycles. The minimum absolute atomic E-state index is 0.0778. The van der Waals surface area contributed by atoms with Crippen LogP contribution in [-0.2, 0) is 4.79 Å². The topological polar surface area (TPSA) is 78.9 Å². The molecule has 2 saturated carbocycles. The fourth-order valence-electron chi connectivity index (χ4n) is 3.23. The number of rotatable bonds is 6. The van der Waals surface area contributed by atoms with E-state index in [1.54, 1.807) is 0 Å². The van der Waals surface area contributed by atoms with Gasteiger partial charge in [-0.25, -0.2) is 0 Å². The zero-order chi connectivity index (χ0) is 14.9. The molecule has 0 aromatic rings. The van der Waals surface area contributed by atoms with E-state index in [4.69, 9.17) is 10.9 Å². The summed E-state index contributed by atoms with van der Waals surface area (Å²) in [6.07, 6.45) is 4.58. The summed E-state index contributed by atoms with van der Waals surface area (Å²) < 4.78 is 0. The molecule has 0 aromatic heterocycles. The van der Waals surface area contributed by atoms with Gasteiger partial charge in [-0.2, -0.15) is 0 Å². The Morgan fingerprint density at radius 1 is 1.45 bits per heavy atom. The van der Waals surface area contributed by atoms with Gasteiger partial charge in [0.05, 0.1) is 0 Å². The van der Waals surface area contributed by atoms with E-state index < -0.39 is 5.41 Å². The molecule has 0 aliphatic heterocycles. The SMILES string of the molecule is CC(C)CCN(C(=O)C1(C(N)=NO)CC(C)C1)C1CC1. The van der Waals surface area contributed by atoms with Crippen LogP contribution in [-0.4, -0.2) is 34.4 Å². The average Bonchev–Trinajstić information content (AvgIpc) is 3.17. The maximum absolute atomic E-state index is 12.9. The van der Waals surface area contributed by atoms with E-state index in [-0.39, 0.29) is 11.7 Å². The van der Waals surface area contributed by atoms with Crippen LogP contribution in [0.1, 0.15) is 52.9 Å². The zero-order valence-corrected chi connectivity index (χ0v) is 12.8. The lowest BCUT2D eigenvalue weighted by atomic mass is 9.61. The molecule has 0 unspecified atom stereocenters. The van der Waals surface area contributed by atoms with Crippen LogP contribution >= 0.6 is 0 Å². The van der Waals surface area contributed by atoms with Gasteiger partial charge in [0.15, 0.2) is 5.84 Å². The van der Waals surface area contributed by atoms with Crippen molar-refractivity contribution in [1.82, 2.24) is 4.90 Å². The number of carbonyl (C=O) groups excluding carboxylic acids is 1. The second-order valence-corrected chi connectivity index (χ2v) is 6.99. The fourth-order valence-corrected chi connectivity index (χ4v) is 3.23. The number of oxime groups is 1. The normalized spacial score (nSPS) is 30.2. The standard InChI is InChI=1S/C15H27N3O2/c1-10(2)6-7-18(12-4-5-12)14(19)15(13(16)17-20)8-11(3)9-15/h10-12,20H,4-9H2,1-3H3,(H2,16,17). The molecule has 2 aliphatic rings. The minimum Gasteiger partial charge on any atom is -0.409 e. The van der Waals surface area contributed by atoms with Crippen LogP contribution in [0.2, 0.25) is 0 Å². The summed E-state index contributed by atoms with van der Waals surface area (Å²) in [4.78, 5) is 14.9. The summed E-state index contributed by atoms with van der Waals surface area (Å²) in [7, 11) is 0.